The highest BCUT2D eigenvalue weighted by atomic mass is 28.4. The highest BCUT2D eigenvalue weighted by Gasteiger charge is 2.37. The van der Waals surface area contributed by atoms with E-state index in [0.29, 0.717) is 16.1 Å². The van der Waals surface area contributed by atoms with Crippen LogP contribution in [0.4, 0.5) is 10.2 Å². The summed E-state index contributed by atoms with van der Waals surface area (Å²) in [6, 6.07) is 19.7. The standard InChI is InChI=1S/C26H31FN2OSi/c1-26(2,3)31(4,5)30-18-22-21(16-19-12-8-6-9-13-19)23(29-25(28)24(22)27)17-20-14-10-7-11-15-20/h6-17H,18H2,1-5H3,(H2,28,29). The predicted molar refractivity (Wildman–Crippen MR) is 130 cm³/mol. The lowest BCUT2D eigenvalue weighted by Crippen LogP contribution is -2.42. The number of rotatable bonds is 5. The molecule has 2 aromatic carbocycles. The van der Waals surface area contributed by atoms with Gasteiger partial charge in [0.1, 0.15) is 0 Å². The number of nitrogen functional groups attached to an aromatic ring is 1. The first-order valence-corrected chi connectivity index (χ1v) is 13.4. The Bertz CT molecular complexity index is 1150. The van der Waals surface area contributed by atoms with Crippen LogP contribution in [-0.2, 0) is 11.0 Å². The lowest BCUT2D eigenvalue weighted by molar-refractivity contribution is 0.270. The Balaban J connectivity index is 2.24. The highest BCUT2D eigenvalue weighted by molar-refractivity contribution is 6.74. The van der Waals surface area contributed by atoms with Gasteiger partial charge < -0.3 is 10.2 Å². The van der Waals surface area contributed by atoms with Crippen LogP contribution in [0.3, 0.4) is 0 Å². The number of hydrogen-bond acceptors (Lipinski definition) is 3. The van der Waals surface area contributed by atoms with E-state index in [2.05, 4.69) is 38.8 Å². The minimum Gasteiger partial charge on any atom is -0.412 e. The summed E-state index contributed by atoms with van der Waals surface area (Å²) in [6.45, 7) is 11.0. The van der Waals surface area contributed by atoms with E-state index in [4.69, 9.17) is 10.2 Å². The van der Waals surface area contributed by atoms with Crippen molar-refractivity contribution < 1.29 is 8.82 Å². The second-order valence-electron chi connectivity index (χ2n) is 9.25. The van der Waals surface area contributed by atoms with E-state index < -0.39 is 14.1 Å². The van der Waals surface area contributed by atoms with E-state index in [1.54, 1.807) is 0 Å². The number of hydrogen-bond donors (Lipinski definition) is 1. The summed E-state index contributed by atoms with van der Waals surface area (Å²) in [5.41, 5.74) is 8.38. The number of halogens is 1. The van der Waals surface area contributed by atoms with Crippen LogP contribution in [-0.4, -0.2) is 13.3 Å². The highest BCUT2D eigenvalue weighted by Crippen LogP contribution is 2.37. The molecule has 0 fully saturated rings. The van der Waals surface area contributed by atoms with Crippen LogP contribution in [0.1, 0.15) is 37.5 Å². The van der Waals surface area contributed by atoms with Crippen LogP contribution in [0.5, 0.6) is 0 Å². The number of nitrogens with two attached hydrogens (primary N) is 1. The molecule has 0 saturated carbocycles. The molecule has 0 aliphatic carbocycles. The Kier molecular flexibility index (Phi) is 6.77. The van der Waals surface area contributed by atoms with Gasteiger partial charge in [0, 0.05) is 10.8 Å². The first kappa shape index (κ1) is 22.9. The predicted octanol–water partition coefficient (Wildman–Crippen LogP) is 4.98. The van der Waals surface area contributed by atoms with Crippen molar-refractivity contribution in [1.82, 2.24) is 4.98 Å². The van der Waals surface area contributed by atoms with Gasteiger partial charge in [-0.15, -0.1) is 0 Å². The van der Waals surface area contributed by atoms with Gasteiger partial charge in [0.25, 0.3) is 0 Å². The second-order valence-corrected chi connectivity index (χ2v) is 14.1. The van der Waals surface area contributed by atoms with Crippen molar-refractivity contribution in [3.8, 4) is 0 Å². The fourth-order valence-corrected chi connectivity index (χ4v) is 3.91. The van der Waals surface area contributed by atoms with Crippen molar-refractivity contribution in [3.05, 3.63) is 93.7 Å². The normalized spacial score (nSPS) is 13.6. The number of pyridine rings is 1. The maximum absolute atomic E-state index is 15.3. The summed E-state index contributed by atoms with van der Waals surface area (Å²) >= 11 is 0. The van der Waals surface area contributed by atoms with Gasteiger partial charge in [0.2, 0.25) is 0 Å². The molecule has 5 heteroatoms. The average molecular weight is 435 g/mol. The Morgan fingerprint density at radius 2 is 1.45 bits per heavy atom. The smallest absolute Gasteiger partial charge is 0.192 e. The fourth-order valence-electron chi connectivity index (χ4n) is 2.97. The topological polar surface area (TPSA) is 48.1 Å². The minimum atomic E-state index is -2.09. The van der Waals surface area contributed by atoms with Gasteiger partial charge in [-0.2, -0.15) is 0 Å². The molecule has 31 heavy (non-hydrogen) atoms. The Labute approximate surface area is 185 Å². The third kappa shape index (κ3) is 5.49. The monoisotopic (exact) mass is 434 g/mol. The Hall–Kier alpha value is -2.76. The molecule has 0 radical (unpaired) electrons. The molecule has 0 aliphatic heterocycles. The number of anilines is 1. The van der Waals surface area contributed by atoms with Gasteiger partial charge >= 0.3 is 0 Å². The van der Waals surface area contributed by atoms with Crippen molar-refractivity contribution in [3.63, 3.8) is 0 Å². The SMILES string of the molecule is CC(C)(C)[Si](C)(C)OCc1c(F)c(N)nc(=Cc2ccccc2)c1=Cc1ccccc1. The van der Waals surface area contributed by atoms with E-state index in [1.807, 2.05) is 72.8 Å². The largest absolute Gasteiger partial charge is 0.412 e. The van der Waals surface area contributed by atoms with Crippen LogP contribution < -0.4 is 16.3 Å². The van der Waals surface area contributed by atoms with E-state index in [0.717, 1.165) is 11.1 Å². The van der Waals surface area contributed by atoms with E-state index in [9.17, 15) is 0 Å². The fraction of sp³-hybridized carbons (Fsp3) is 0.269. The molecule has 162 valence electrons. The van der Waals surface area contributed by atoms with Gasteiger partial charge in [0.05, 0.1) is 12.0 Å². The summed E-state index contributed by atoms with van der Waals surface area (Å²) in [6.07, 6.45) is 3.88. The number of benzene rings is 2. The molecule has 0 spiro atoms. The van der Waals surface area contributed by atoms with Gasteiger partial charge in [-0.25, -0.2) is 9.37 Å². The lowest BCUT2D eigenvalue weighted by Gasteiger charge is -2.36. The van der Waals surface area contributed by atoms with Gasteiger partial charge in [-0.05, 0) is 41.4 Å². The molecule has 1 aromatic heterocycles. The quantitative estimate of drug-likeness (QED) is 0.576. The number of aromatic nitrogens is 1. The average Bonchev–Trinajstić information content (AvgIpc) is 2.72. The zero-order chi connectivity index (χ0) is 22.6. The Morgan fingerprint density at radius 1 is 0.935 bits per heavy atom. The van der Waals surface area contributed by atoms with Crippen LogP contribution in [0.15, 0.2) is 60.7 Å². The molecule has 0 amide bonds. The van der Waals surface area contributed by atoms with E-state index in [-0.39, 0.29) is 17.5 Å². The van der Waals surface area contributed by atoms with Crippen molar-refractivity contribution in [2.45, 2.75) is 45.5 Å². The summed E-state index contributed by atoms with van der Waals surface area (Å²) in [4.78, 5) is 4.39. The van der Waals surface area contributed by atoms with E-state index in [1.165, 1.54) is 0 Å². The zero-order valence-corrected chi connectivity index (χ0v) is 19.9. The Morgan fingerprint density at radius 3 is 1.97 bits per heavy atom. The van der Waals surface area contributed by atoms with Crippen molar-refractivity contribution >= 4 is 26.3 Å². The molecule has 3 aromatic rings. The van der Waals surface area contributed by atoms with Crippen LogP contribution in [0, 0.1) is 5.82 Å². The van der Waals surface area contributed by atoms with Crippen molar-refractivity contribution in [2.24, 2.45) is 0 Å². The summed E-state index contributed by atoms with van der Waals surface area (Å²) in [5.74, 6) is -0.618. The zero-order valence-electron chi connectivity index (χ0n) is 18.9. The molecular weight excluding hydrogens is 403 g/mol. The molecule has 0 atom stereocenters. The van der Waals surface area contributed by atoms with Crippen LogP contribution in [0.25, 0.3) is 12.2 Å². The van der Waals surface area contributed by atoms with E-state index >= 15 is 4.39 Å². The molecule has 3 nitrogen and oxygen atoms in total. The molecule has 0 bridgehead atoms. The molecule has 0 aliphatic rings. The summed E-state index contributed by atoms with van der Waals surface area (Å²) < 4.78 is 21.7. The summed E-state index contributed by atoms with van der Waals surface area (Å²) in [7, 11) is -2.09. The number of nitrogens with zero attached hydrogens (tertiary/aromatic N) is 1. The second kappa shape index (κ2) is 9.16. The molecule has 0 unspecified atom stereocenters. The first-order valence-electron chi connectivity index (χ1n) is 10.5. The van der Waals surface area contributed by atoms with Gasteiger partial charge in [-0.3, -0.25) is 0 Å². The maximum Gasteiger partial charge on any atom is 0.192 e. The van der Waals surface area contributed by atoms with Crippen LogP contribution >= 0.6 is 0 Å². The third-order valence-corrected chi connectivity index (χ3v) is 10.4. The molecule has 2 N–H and O–H groups in total. The van der Waals surface area contributed by atoms with Crippen molar-refractivity contribution in [1.29, 1.82) is 0 Å². The van der Waals surface area contributed by atoms with Crippen molar-refractivity contribution in [2.75, 3.05) is 5.73 Å². The summed E-state index contributed by atoms with van der Waals surface area (Å²) in [5, 5.41) is 1.34. The molecule has 1 heterocycles. The maximum atomic E-state index is 15.3. The minimum absolute atomic E-state index is 0.0182. The van der Waals surface area contributed by atoms with Crippen LogP contribution in [0.2, 0.25) is 18.1 Å². The molecule has 0 saturated heterocycles. The first-order chi connectivity index (χ1) is 14.6. The lowest BCUT2D eigenvalue weighted by atomic mass is 10.1. The van der Waals surface area contributed by atoms with Gasteiger partial charge in [0.15, 0.2) is 20.0 Å². The third-order valence-electron chi connectivity index (χ3n) is 5.93. The van der Waals surface area contributed by atoms with Gasteiger partial charge in [-0.1, -0.05) is 81.4 Å². The molecular formula is C26H31FN2OSi. The molecule has 3 rings (SSSR count).